The second-order valence-corrected chi connectivity index (χ2v) is 5.44. The fourth-order valence-corrected chi connectivity index (χ4v) is 2.55. The summed E-state index contributed by atoms with van der Waals surface area (Å²) in [6.07, 6.45) is 0.362. The van der Waals surface area contributed by atoms with Gasteiger partial charge in [-0.2, -0.15) is 0 Å². The van der Waals surface area contributed by atoms with Crippen LogP contribution < -0.4 is 10.6 Å². The molecule has 3 rings (SSSR count). The van der Waals surface area contributed by atoms with Gasteiger partial charge in [-0.3, -0.25) is 9.59 Å². The number of fused-ring (bicyclic) bond motifs is 1. The molecule has 4 nitrogen and oxygen atoms in total. The van der Waals surface area contributed by atoms with E-state index in [1.807, 2.05) is 13.0 Å². The number of anilines is 2. The van der Waals surface area contributed by atoms with Crippen molar-refractivity contribution in [3.8, 4) is 0 Å². The van der Waals surface area contributed by atoms with E-state index < -0.39 is 0 Å². The van der Waals surface area contributed by atoms with Crippen LogP contribution in [0.4, 0.5) is 11.4 Å². The summed E-state index contributed by atoms with van der Waals surface area (Å²) in [4.78, 5) is 23.6. The van der Waals surface area contributed by atoms with E-state index in [2.05, 4.69) is 10.6 Å². The molecule has 2 N–H and O–H groups in total. The second kappa shape index (κ2) is 5.22. The normalized spacial score (nSPS) is 12.8. The quantitative estimate of drug-likeness (QED) is 0.893. The van der Waals surface area contributed by atoms with Gasteiger partial charge in [-0.25, -0.2) is 0 Å². The predicted molar refractivity (Wildman–Crippen MR) is 82.9 cm³/mol. The van der Waals surface area contributed by atoms with Gasteiger partial charge in [0.2, 0.25) is 5.91 Å². The molecule has 21 heavy (non-hydrogen) atoms. The van der Waals surface area contributed by atoms with Crippen LogP contribution in [0.15, 0.2) is 36.4 Å². The van der Waals surface area contributed by atoms with Crippen molar-refractivity contribution in [1.82, 2.24) is 0 Å². The van der Waals surface area contributed by atoms with Gasteiger partial charge in [0.1, 0.15) is 0 Å². The standard InChI is InChI=1S/C16H13ClN2O2/c1-9-2-5-13(12(17)6-9)19-16(21)11-4-3-10-8-15(20)18-14(10)7-11/h2-7H,8H2,1H3,(H,18,20)(H,19,21). The van der Waals surface area contributed by atoms with Gasteiger partial charge in [-0.15, -0.1) is 0 Å². The van der Waals surface area contributed by atoms with Gasteiger partial charge >= 0.3 is 0 Å². The van der Waals surface area contributed by atoms with E-state index in [4.69, 9.17) is 11.6 Å². The molecule has 0 aliphatic carbocycles. The van der Waals surface area contributed by atoms with Crippen LogP contribution in [0, 0.1) is 6.92 Å². The highest BCUT2D eigenvalue weighted by molar-refractivity contribution is 6.34. The molecule has 1 aliphatic heterocycles. The van der Waals surface area contributed by atoms with Gasteiger partial charge in [0, 0.05) is 11.3 Å². The zero-order chi connectivity index (χ0) is 15.0. The first-order chi connectivity index (χ1) is 10.0. The van der Waals surface area contributed by atoms with Crippen molar-refractivity contribution in [3.05, 3.63) is 58.1 Å². The van der Waals surface area contributed by atoms with Crippen LogP contribution in [0.1, 0.15) is 21.5 Å². The smallest absolute Gasteiger partial charge is 0.255 e. The Hall–Kier alpha value is -2.33. The van der Waals surface area contributed by atoms with Crippen molar-refractivity contribution in [2.45, 2.75) is 13.3 Å². The number of hydrogen-bond acceptors (Lipinski definition) is 2. The second-order valence-electron chi connectivity index (χ2n) is 5.03. The number of carbonyl (C=O) groups excluding carboxylic acids is 2. The number of rotatable bonds is 2. The highest BCUT2D eigenvalue weighted by Gasteiger charge is 2.19. The maximum atomic E-state index is 12.3. The molecule has 0 fully saturated rings. The highest BCUT2D eigenvalue weighted by Crippen LogP contribution is 2.26. The van der Waals surface area contributed by atoms with E-state index in [1.54, 1.807) is 30.3 Å². The Balaban J connectivity index is 1.83. The summed E-state index contributed by atoms with van der Waals surface area (Å²) in [5, 5.41) is 6.00. The molecule has 0 radical (unpaired) electrons. The predicted octanol–water partition coefficient (Wildman–Crippen LogP) is 3.40. The maximum absolute atomic E-state index is 12.3. The Labute approximate surface area is 127 Å². The van der Waals surface area contributed by atoms with Crippen molar-refractivity contribution >= 4 is 34.8 Å². The lowest BCUT2D eigenvalue weighted by Gasteiger charge is -2.09. The Morgan fingerprint density at radius 2 is 2.05 bits per heavy atom. The summed E-state index contributed by atoms with van der Waals surface area (Å²) in [5.41, 5.74) is 3.68. The summed E-state index contributed by atoms with van der Waals surface area (Å²) >= 11 is 6.10. The molecule has 2 amide bonds. The van der Waals surface area contributed by atoms with Gasteiger partial charge in [0.25, 0.3) is 5.91 Å². The van der Waals surface area contributed by atoms with Gasteiger partial charge in [0.15, 0.2) is 0 Å². The molecule has 2 aromatic rings. The molecule has 106 valence electrons. The number of carbonyl (C=O) groups is 2. The van der Waals surface area contributed by atoms with Crippen LogP contribution in [0.25, 0.3) is 0 Å². The number of nitrogens with one attached hydrogen (secondary N) is 2. The molecule has 1 aliphatic rings. The molecule has 1 heterocycles. The molecule has 0 atom stereocenters. The summed E-state index contributed by atoms with van der Waals surface area (Å²) in [7, 11) is 0. The van der Waals surface area contributed by atoms with Crippen molar-refractivity contribution in [1.29, 1.82) is 0 Å². The topological polar surface area (TPSA) is 58.2 Å². The SMILES string of the molecule is Cc1ccc(NC(=O)c2ccc3c(c2)NC(=O)C3)c(Cl)c1. The van der Waals surface area contributed by atoms with Crippen LogP contribution in [-0.2, 0) is 11.2 Å². The van der Waals surface area contributed by atoms with E-state index in [0.717, 1.165) is 11.1 Å². The van der Waals surface area contributed by atoms with Gasteiger partial charge in [-0.05, 0) is 42.3 Å². The first kappa shape index (κ1) is 13.6. The van der Waals surface area contributed by atoms with Gasteiger partial charge < -0.3 is 10.6 Å². The third-order valence-corrected chi connectivity index (χ3v) is 3.68. The summed E-state index contributed by atoms with van der Waals surface area (Å²) < 4.78 is 0. The average molecular weight is 301 g/mol. The molecule has 0 bridgehead atoms. The fourth-order valence-electron chi connectivity index (χ4n) is 2.27. The Bertz CT molecular complexity index is 756. The maximum Gasteiger partial charge on any atom is 0.255 e. The molecule has 5 heteroatoms. The molecule has 0 saturated heterocycles. The minimum absolute atomic E-state index is 0.0517. The zero-order valence-electron chi connectivity index (χ0n) is 11.4. The molecule has 0 saturated carbocycles. The largest absolute Gasteiger partial charge is 0.326 e. The summed E-state index contributed by atoms with van der Waals surface area (Å²) in [5.74, 6) is -0.311. The molecular formula is C16H13ClN2O2. The number of halogens is 1. The van der Waals surface area contributed by atoms with Gasteiger partial charge in [0.05, 0.1) is 17.1 Å². The minimum atomic E-state index is -0.260. The van der Waals surface area contributed by atoms with E-state index in [0.29, 0.717) is 28.4 Å². The number of hydrogen-bond donors (Lipinski definition) is 2. The lowest BCUT2D eigenvalue weighted by Crippen LogP contribution is -2.12. The molecule has 2 aromatic carbocycles. The number of amides is 2. The van der Waals surface area contributed by atoms with Crippen molar-refractivity contribution in [2.75, 3.05) is 10.6 Å². The van der Waals surface area contributed by atoms with E-state index >= 15 is 0 Å². The van der Waals surface area contributed by atoms with E-state index in [1.165, 1.54) is 0 Å². The average Bonchev–Trinajstić information content (AvgIpc) is 2.80. The van der Waals surface area contributed by atoms with E-state index in [-0.39, 0.29) is 11.8 Å². The first-order valence-electron chi connectivity index (χ1n) is 6.53. The molecule has 0 aromatic heterocycles. The third kappa shape index (κ3) is 2.76. The third-order valence-electron chi connectivity index (χ3n) is 3.37. The fraction of sp³-hybridized carbons (Fsp3) is 0.125. The molecule has 0 unspecified atom stereocenters. The van der Waals surface area contributed by atoms with Crippen molar-refractivity contribution in [2.24, 2.45) is 0 Å². The van der Waals surface area contributed by atoms with Crippen molar-refractivity contribution in [3.63, 3.8) is 0 Å². The molecule has 0 spiro atoms. The Kier molecular flexibility index (Phi) is 3.39. The molecular weight excluding hydrogens is 288 g/mol. The van der Waals surface area contributed by atoms with Crippen LogP contribution in [0.3, 0.4) is 0 Å². The number of benzene rings is 2. The van der Waals surface area contributed by atoms with Crippen LogP contribution >= 0.6 is 11.6 Å². The summed E-state index contributed by atoms with van der Waals surface area (Å²) in [6, 6.07) is 10.6. The van der Waals surface area contributed by atoms with Gasteiger partial charge in [-0.1, -0.05) is 23.7 Å². The van der Waals surface area contributed by atoms with E-state index in [9.17, 15) is 9.59 Å². The summed E-state index contributed by atoms with van der Waals surface area (Å²) in [6.45, 7) is 1.93. The number of aryl methyl sites for hydroxylation is 1. The Morgan fingerprint density at radius 3 is 2.81 bits per heavy atom. The zero-order valence-corrected chi connectivity index (χ0v) is 12.1. The Morgan fingerprint density at radius 1 is 1.24 bits per heavy atom. The first-order valence-corrected chi connectivity index (χ1v) is 6.91. The lowest BCUT2D eigenvalue weighted by atomic mass is 10.1. The minimum Gasteiger partial charge on any atom is -0.326 e. The van der Waals surface area contributed by atoms with Crippen molar-refractivity contribution < 1.29 is 9.59 Å². The lowest BCUT2D eigenvalue weighted by molar-refractivity contribution is -0.115. The monoisotopic (exact) mass is 300 g/mol. The highest BCUT2D eigenvalue weighted by atomic mass is 35.5. The van der Waals surface area contributed by atoms with Crippen LogP contribution in [0.2, 0.25) is 5.02 Å². The van der Waals surface area contributed by atoms with Crippen LogP contribution in [-0.4, -0.2) is 11.8 Å². The van der Waals surface area contributed by atoms with Crippen LogP contribution in [0.5, 0.6) is 0 Å².